The average Bonchev–Trinajstić information content (AvgIpc) is 3.08. The molecule has 168 valence electrons. The molecule has 0 unspecified atom stereocenters. The number of nitrogens with one attached hydrogen (secondary N) is 1. The van der Waals surface area contributed by atoms with E-state index < -0.39 is 28.5 Å². The molecule has 1 aliphatic heterocycles. The van der Waals surface area contributed by atoms with E-state index in [1.54, 1.807) is 0 Å². The van der Waals surface area contributed by atoms with Crippen molar-refractivity contribution in [1.82, 2.24) is 4.31 Å². The largest absolute Gasteiger partial charge is 0.452 e. The molecule has 2 aromatic carbocycles. The summed E-state index contributed by atoms with van der Waals surface area (Å²) in [6.07, 6.45) is 3.69. The minimum Gasteiger partial charge on any atom is -0.452 e. The molecular formula is C22H22ClN3O5S. The molecule has 0 radical (unpaired) electrons. The molecule has 1 N–H and O–H groups in total. The molecule has 0 saturated carbocycles. The van der Waals surface area contributed by atoms with E-state index in [4.69, 9.17) is 21.6 Å². The van der Waals surface area contributed by atoms with Crippen LogP contribution < -0.4 is 5.32 Å². The normalized spacial score (nSPS) is 14.8. The van der Waals surface area contributed by atoms with Crippen LogP contribution in [0.5, 0.6) is 0 Å². The van der Waals surface area contributed by atoms with Crippen molar-refractivity contribution in [2.45, 2.75) is 30.6 Å². The molecule has 1 fully saturated rings. The first kappa shape index (κ1) is 23.7. The Labute approximate surface area is 191 Å². The van der Waals surface area contributed by atoms with Crippen LogP contribution in [0.25, 0.3) is 0 Å². The Hall–Kier alpha value is -2.93. The van der Waals surface area contributed by atoms with Crippen LogP contribution in [0.2, 0.25) is 5.02 Å². The molecule has 8 nitrogen and oxygen atoms in total. The van der Waals surface area contributed by atoms with Gasteiger partial charge in [-0.25, -0.2) is 13.2 Å². The number of hydrogen-bond donors (Lipinski definition) is 1. The van der Waals surface area contributed by atoms with Gasteiger partial charge in [-0.15, -0.1) is 0 Å². The van der Waals surface area contributed by atoms with Gasteiger partial charge in [-0.2, -0.15) is 9.57 Å². The Balaban J connectivity index is 1.60. The van der Waals surface area contributed by atoms with Gasteiger partial charge in [0.2, 0.25) is 10.0 Å². The number of hydrogen-bond acceptors (Lipinski definition) is 6. The molecule has 0 atom stereocenters. The maximum atomic E-state index is 12.8. The number of amides is 1. The molecular weight excluding hydrogens is 454 g/mol. The van der Waals surface area contributed by atoms with E-state index in [1.165, 1.54) is 46.8 Å². The second-order valence-corrected chi connectivity index (χ2v) is 9.64. The lowest BCUT2D eigenvalue weighted by atomic mass is 10.2. The van der Waals surface area contributed by atoms with Crippen LogP contribution in [-0.4, -0.2) is 44.3 Å². The summed E-state index contributed by atoms with van der Waals surface area (Å²) in [6, 6.07) is 11.8. The highest BCUT2D eigenvalue weighted by Crippen LogP contribution is 2.22. The van der Waals surface area contributed by atoms with Crippen molar-refractivity contribution in [3.8, 4) is 6.07 Å². The van der Waals surface area contributed by atoms with Crippen molar-refractivity contribution in [3.05, 3.63) is 58.6 Å². The second-order valence-electron chi connectivity index (χ2n) is 7.27. The summed E-state index contributed by atoms with van der Waals surface area (Å²) in [7, 11) is -3.62. The van der Waals surface area contributed by atoms with Crippen LogP contribution >= 0.6 is 11.6 Å². The Kier molecular flexibility index (Phi) is 7.85. The van der Waals surface area contributed by atoms with E-state index in [0.29, 0.717) is 18.1 Å². The third-order valence-electron chi connectivity index (χ3n) is 5.00. The number of ether oxygens (including phenoxy) is 1. The molecule has 2 aromatic rings. The van der Waals surface area contributed by atoms with Crippen molar-refractivity contribution in [1.29, 1.82) is 5.26 Å². The number of nitriles is 1. The summed E-state index contributed by atoms with van der Waals surface area (Å²) in [5.41, 5.74) is 0.549. The molecule has 0 spiro atoms. The standard InChI is InChI=1S/C22H22ClN3O5S/c23-18-8-5-17(14-24)20(13-18)25-21(27)15-31-22(28)16-6-9-19(10-7-16)32(29,30)26-11-3-1-2-4-12-26/h5-10,13H,1-4,11-12,15H2,(H,25,27). The van der Waals surface area contributed by atoms with Crippen molar-refractivity contribution in [2.75, 3.05) is 25.0 Å². The average molecular weight is 476 g/mol. The molecule has 1 heterocycles. The van der Waals surface area contributed by atoms with Gasteiger partial charge in [-0.1, -0.05) is 24.4 Å². The minimum absolute atomic E-state index is 0.110. The van der Waals surface area contributed by atoms with Crippen molar-refractivity contribution < 1.29 is 22.7 Å². The van der Waals surface area contributed by atoms with Gasteiger partial charge >= 0.3 is 5.97 Å². The van der Waals surface area contributed by atoms with Crippen molar-refractivity contribution in [2.24, 2.45) is 0 Å². The smallest absolute Gasteiger partial charge is 0.338 e. The van der Waals surface area contributed by atoms with E-state index >= 15 is 0 Å². The highest BCUT2D eigenvalue weighted by atomic mass is 35.5. The van der Waals surface area contributed by atoms with Gasteiger partial charge in [0.1, 0.15) is 6.07 Å². The van der Waals surface area contributed by atoms with E-state index in [9.17, 15) is 18.0 Å². The van der Waals surface area contributed by atoms with Gasteiger partial charge in [0.05, 0.1) is 21.7 Å². The first-order valence-electron chi connectivity index (χ1n) is 10.1. The fourth-order valence-corrected chi connectivity index (χ4v) is 5.00. The highest BCUT2D eigenvalue weighted by Gasteiger charge is 2.25. The number of carbonyl (C=O) groups is 2. The predicted octanol–water partition coefficient (Wildman–Crippen LogP) is 3.57. The monoisotopic (exact) mass is 475 g/mol. The summed E-state index contributed by atoms with van der Waals surface area (Å²) in [4.78, 5) is 24.5. The fourth-order valence-electron chi connectivity index (χ4n) is 3.31. The summed E-state index contributed by atoms with van der Waals surface area (Å²) in [5.74, 6) is -1.41. The summed E-state index contributed by atoms with van der Waals surface area (Å²) in [5, 5.41) is 11.9. The lowest BCUT2D eigenvalue weighted by Crippen LogP contribution is -2.31. The first-order chi connectivity index (χ1) is 15.3. The quantitative estimate of drug-likeness (QED) is 0.638. The third-order valence-corrected chi connectivity index (χ3v) is 7.15. The number of esters is 1. The Morgan fingerprint density at radius 1 is 1.06 bits per heavy atom. The second kappa shape index (κ2) is 10.6. The molecule has 1 aliphatic rings. The number of halogens is 1. The zero-order valence-corrected chi connectivity index (χ0v) is 18.8. The lowest BCUT2D eigenvalue weighted by molar-refractivity contribution is -0.119. The van der Waals surface area contributed by atoms with Gasteiger partial charge in [-0.05, 0) is 55.3 Å². The van der Waals surface area contributed by atoms with Gasteiger partial charge in [0, 0.05) is 18.1 Å². The third kappa shape index (κ3) is 5.85. The maximum Gasteiger partial charge on any atom is 0.338 e. The van der Waals surface area contributed by atoms with Crippen LogP contribution in [0, 0.1) is 11.3 Å². The predicted molar refractivity (Wildman–Crippen MR) is 119 cm³/mol. The zero-order chi connectivity index (χ0) is 23.1. The van der Waals surface area contributed by atoms with E-state index in [-0.39, 0.29) is 21.7 Å². The van der Waals surface area contributed by atoms with Crippen LogP contribution in [0.4, 0.5) is 5.69 Å². The summed E-state index contributed by atoms with van der Waals surface area (Å²) < 4.78 is 32.1. The number of benzene rings is 2. The molecule has 1 saturated heterocycles. The van der Waals surface area contributed by atoms with Gasteiger partial charge in [0.25, 0.3) is 5.91 Å². The minimum atomic E-state index is -3.62. The fraction of sp³-hybridized carbons (Fsp3) is 0.318. The first-order valence-corrected chi connectivity index (χ1v) is 11.9. The van der Waals surface area contributed by atoms with Crippen LogP contribution in [0.1, 0.15) is 41.6 Å². The molecule has 32 heavy (non-hydrogen) atoms. The van der Waals surface area contributed by atoms with E-state index in [0.717, 1.165) is 25.7 Å². The van der Waals surface area contributed by atoms with Crippen LogP contribution in [0.15, 0.2) is 47.4 Å². The lowest BCUT2D eigenvalue weighted by Gasteiger charge is -2.20. The number of anilines is 1. The Morgan fingerprint density at radius 2 is 1.72 bits per heavy atom. The van der Waals surface area contributed by atoms with Gasteiger partial charge < -0.3 is 10.1 Å². The maximum absolute atomic E-state index is 12.8. The molecule has 1 amide bonds. The number of sulfonamides is 1. The van der Waals surface area contributed by atoms with Crippen LogP contribution in [0.3, 0.4) is 0 Å². The molecule has 0 bridgehead atoms. The van der Waals surface area contributed by atoms with Crippen molar-refractivity contribution >= 4 is 39.2 Å². The van der Waals surface area contributed by atoms with Crippen molar-refractivity contribution in [3.63, 3.8) is 0 Å². The van der Waals surface area contributed by atoms with E-state index in [2.05, 4.69) is 5.32 Å². The zero-order valence-electron chi connectivity index (χ0n) is 17.2. The highest BCUT2D eigenvalue weighted by molar-refractivity contribution is 7.89. The molecule has 0 aliphatic carbocycles. The topological polar surface area (TPSA) is 117 Å². The SMILES string of the molecule is N#Cc1ccc(Cl)cc1NC(=O)COC(=O)c1ccc(S(=O)(=O)N2CCCCCC2)cc1. The number of nitrogens with zero attached hydrogens (tertiary/aromatic N) is 2. The van der Waals surface area contributed by atoms with E-state index in [1.807, 2.05) is 6.07 Å². The number of carbonyl (C=O) groups excluding carboxylic acids is 2. The summed E-state index contributed by atoms with van der Waals surface area (Å²) in [6.45, 7) is 0.396. The molecule has 0 aromatic heterocycles. The number of rotatable bonds is 6. The Morgan fingerprint density at radius 3 is 2.34 bits per heavy atom. The summed E-state index contributed by atoms with van der Waals surface area (Å²) >= 11 is 5.88. The molecule has 10 heteroatoms. The van der Waals surface area contributed by atoms with Crippen LogP contribution in [-0.2, 0) is 19.6 Å². The molecule has 3 rings (SSSR count). The Bertz CT molecular complexity index is 1140. The van der Waals surface area contributed by atoms with Gasteiger partial charge in [0.15, 0.2) is 6.61 Å². The van der Waals surface area contributed by atoms with Gasteiger partial charge in [-0.3, -0.25) is 4.79 Å².